The lowest BCUT2D eigenvalue weighted by Crippen LogP contribution is -2.32. The molecule has 3 heterocycles. The molecular weight excluding hydrogens is 393 g/mol. The fourth-order valence-corrected chi connectivity index (χ4v) is 3.15. The number of aryl methyl sites for hydroxylation is 1. The average Bonchev–Trinajstić information content (AvgIpc) is 3.03. The van der Waals surface area contributed by atoms with Gasteiger partial charge in [0, 0.05) is 25.2 Å². The Morgan fingerprint density at radius 1 is 1.30 bits per heavy atom. The number of hydroxylamine groups is 2. The van der Waals surface area contributed by atoms with Gasteiger partial charge in [-0.15, -0.1) is 5.10 Å². The quantitative estimate of drug-likeness (QED) is 0.596. The molecule has 11 heteroatoms. The number of amides is 1. The molecule has 1 aliphatic rings. The number of rotatable bonds is 0. The zero-order chi connectivity index (χ0) is 21.6. The van der Waals surface area contributed by atoms with Crippen LogP contribution in [-0.2, 0) is 7.05 Å². The summed E-state index contributed by atoms with van der Waals surface area (Å²) in [5.41, 5.74) is 6.93. The summed E-state index contributed by atoms with van der Waals surface area (Å²) in [5.74, 6) is -1.17. The lowest BCUT2D eigenvalue weighted by molar-refractivity contribution is -0.0174. The van der Waals surface area contributed by atoms with Crippen molar-refractivity contribution in [2.45, 2.75) is 13.0 Å². The second-order valence-electron chi connectivity index (χ2n) is 6.60. The Bertz CT molecular complexity index is 1220. The molecule has 2 bridgehead atoms. The minimum absolute atomic E-state index is 0.00563. The van der Waals surface area contributed by atoms with Crippen LogP contribution < -0.4 is 15.3 Å². The number of nitrogens with two attached hydrogens (primary N) is 1. The van der Waals surface area contributed by atoms with E-state index in [0.717, 1.165) is 11.1 Å². The molecule has 30 heavy (non-hydrogen) atoms. The van der Waals surface area contributed by atoms with Crippen LogP contribution in [0.4, 0.5) is 10.2 Å². The van der Waals surface area contributed by atoms with Gasteiger partial charge in [0.25, 0.3) is 17.7 Å². The van der Waals surface area contributed by atoms with Crippen LogP contribution in [-0.4, -0.2) is 37.8 Å². The number of hydrogen-bond acceptors (Lipinski definition) is 8. The molecule has 0 spiro atoms. The zero-order valence-corrected chi connectivity index (χ0v) is 16.3. The van der Waals surface area contributed by atoms with Gasteiger partial charge in [-0.25, -0.2) is 14.4 Å². The van der Waals surface area contributed by atoms with Crippen molar-refractivity contribution in [3.63, 3.8) is 0 Å². The number of ether oxygens (including phenoxy) is 1. The second kappa shape index (κ2) is 7.00. The van der Waals surface area contributed by atoms with Crippen LogP contribution in [0.5, 0.6) is 11.8 Å². The number of carbonyl (C=O) groups is 1. The zero-order valence-electron chi connectivity index (χ0n) is 16.3. The molecule has 2 N–H and O–H groups in total. The number of hydrogen-bond donors (Lipinski definition) is 1. The van der Waals surface area contributed by atoms with E-state index >= 15 is 0 Å². The van der Waals surface area contributed by atoms with Crippen molar-refractivity contribution in [1.29, 1.82) is 5.26 Å². The van der Waals surface area contributed by atoms with Crippen molar-refractivity contribution in [3.8, 4) is 29.1 Å². The number of carbonyl (C=O) groups excluding carboxylic acids is 1. The third-order valence-electron chi connectivity index (χ3n) is 4.62. The van der Waals surface area contributed by atoms with Gasteiger partial charge in [-0.1, -0.05) is 0 Å². The molecule has 152 valence electrons. The molecule has 0 saturated carbocycles. The van der Waals surface area contributed by atoms with Crippen LogP contribution in [0.15, 0.2) is 24.4 Å². The first-order chi connectivity index (χ1) is 14.3. The third kappa shape index (κ3) is 3.04. The number of anilines is 1. The van der Waals surface area contributed by atoms with E-state index in [1.807, 2.05) is 6.07 Å². The van der Waals surface area contributed by atoms with Crippen molar-refractivity contribution < 1.29 is 18.8 Å². The number of nitrogens with zero attached hydrogens (tertiary/aromatic N) is 6. The van der Waals surface area contributed by atoms with Gasteiger partial charge in [-0.05, 0) is 25.1 Å². The molecule has 0 fully saturated rings. The predicted molar refractivity (Wildman–Crippen MR) is 102 cm³/mol. The minimum Gasteiger partial charge on any atom is -0.467 e. The highest BCUT2D eigenvalue weighted by Gasteiger charge is 2.29. The lowest BCUT2D eigenvalue weighted by atomic mass is 10.0. The summed E-state index contributed by atoms with van der Waals surface area (Å²) in [4.78, 5) is 27.1. The minimum atomic E-state index is -0.789. The van der Waals surface area contributed by atoms with E-state index in [-0.39, 0.29) is 45.7 Å². The van der Waals surface area contributed by atoms with Gasteiger partial charge in [0.2, 0.25) is 0 Å². The lowest BCUT2D eigenvalue weighted by Gasteiger charge is -2.22. The number of fused-ring (bicyclic) bond motifs is 5. The van der Waals surface area contributed by atoms with Crippen LogP contribution in [0.2, 0.25) is 0 Å². The normalized spacial score (nSPS) is 15.6. The van der Waals surface area contributed by atoms with Gasteiger partial charge in [0.15, 0.2) is 11.5 Å². The molecule has 1 unspecified atom stereocenters. The first-order valence-corrected chi connectivity index (χ1v) is 8.82. The molecule has 0 aliphatic carbocycles. The molecule has 1 aliphatic heterocycles. The Morgan fingerprint density at radius 2 is 2.07 bits per heavy atom. The molecule has 1 aromatic carbocycles. The van der Waals surface area contributed by atoms with Crippen molar-refractivity contribution in [1.82, 2.24) is 24.8 Å². The fourth-order valence-electron chi connectivity index (χ4n) is 3.15. The number of nitriles is 1. The average molecular weight is 409 g/mol. The highest BCUT2D eigenvalue weighted by Crippen LogP contribution is 2.35. The molecule has 1 amide bonds. The standard InChI is InChI=1S/C19H16FN7O3/c1-9-12-6-10(20)4-5-11(12)19(28)27(3)30-17-15(14(7-21)26(2)25-17)13-8-23-16(22)18(24-13)29-9/h4-6,8-9H,1-3H3,(H2,22,23). The second-order valence-corrected chi connectivity index (χ2v) is 6.60. The Labute approximate surface area is 170 Å². The smallest absolute Gasteiger partial charge is 0.286 e. The maximum atomic E-state index is 13.9. The summed E-state index contributed by atoms with van der Waals surface area (Å²) in [6.45, 7) is 1.63. The van der Waals surface area contributed by atoms with E-state index in [9.17, 15) is 14.4 Å². The monoisotopic (exact) mass is 409 g/mol. The highest BCUT2D eigenvalue weighted by molar-refractivity contribution is 5.95. The van der Waals surface area contributed by atoms with E-state index in [4.69, 9.17) is 15.3 Å². The maximum Gasteiger partial charge on any atom is 0.286 e. The fraction of sp³-hybridized carbons (Fsp3) is 0.211. The number of nitrogen functional groups attached to an aromatic ring is 1. The van der Waals surface area contributed by atoms with Crippen molar-refractivity contribution in [3.05, 3.63) is 47.0 Å². The van der Waals surface area contributed by atoms with Crippen LogP contribution in [0, 0.1) is 17.1 Å². The summed E-state index contributed by atoms with van der Waals surface area (Å²) in [6, 6.07) is 5.73. The summed E-state index contributed by atoms with van der Waals surface area (Å²) < 4.78 is 21.1. The molecular formula is C19H16FN7O3. The summed E-state index contributed by atoms with van der Waals surface area (Å²) >= 11 is 0. The molecule has 0 radical (unpaired) electrons. The van der Waals surface area contributed by atoms with E-state index in [0.29, 0.717) is 0 Å². The SMILES string of the molecule is CC1Oc2nc(cnc2N)-c2c(nn(C)c2C#N)ON(C)C(=O)c2ccc(F)cc21. The maximum absolute atomic E-state index is 13.9. The van der Waals surface area contributed by atoms with Crippen molar-refractivity contribution in [2.75, 3.05) is 12.8 Å². The largest absolute Gasteiger partial charge is 0.467 e. The first kappa shape index (κ1) is 19.1. The molecule has 4 rings (SSSR count). The van der Waals surface area contributed by atoms with Crippen molar-refractivity contribution >= 4 is 11.7 Å². The highest BCUT2D eigenvalue weighted by atomic mass is 19.1. The molecule has 3 aromatic rings. The van der Waals surface area contributed by atoms with Gasteiger partial charge in [0.05, 0.1) is 6.20 Å². The van der Waals surface area contributed by atoms with Gasteiger partial charge in [-0.3, -0.25) is 9.48 Å². The molecule has 0 saturated heterocycles. The van der Waals surface area contributed by atoms with Crippen LogP contribution in [0.25, 0.3) is 11.3 Å². The van der Waals surface area contributed by atoms with Crippen LogP contribution in [0.3, 0.4) is 0 Å². The third-order valence-corrected chi connectivity index (χ3v) is 4.62. The number of aromatic nitrogens is 4. The van der Waals surface area contributed by atoms with Crippen LogP contribution in [0.1, 0.15) is 34.6 Å². The Morgan fingerprint density at radius 3 is 2.80 bits per heavy atom. The summed E-state index contributed by atoms with van der Waals surface area (Å²) in [6.07, 6.45) is 0.557. The topological polar surface area (TPSA) is 132 Å². The number of benzene rings is 1. The summed E-state index contributed by atoms with van der Waals surface area (Å²) in [5, 5.41) is 14.7. The van der Waals surface area contributed by atoms with Crippen molar-refractivity contribution in [2.24, 2.45) is 7.05 Å². The molecule has 10 nitrogen and oxygen atoms in total. The van der Waals surface area contributed by atoms with Gasteiger partial charge >= 0.3 is 0 Å². The number of halogens is 1. The molecule has 1 atom stereocenters. The van der Waals surface area contributed by atoms with Gasteiger partial charge in [-0.2, -0.15) is 10.3 Å². The summed E-state index contributed by atoms with van der Waals surface area (Å²) in [7, 11) is 2.94. The van der Waals surface area contributed by atoms with E-state index in [1.165, 1.54) is 30.1 Å². The Hall–Kier alpha value is -4.20. The van der Waals surface area contributed by atoms with E-state index in [2.05, 4.69) is 15.1 Å². The molecule has 2 aromatic heterocycles. The van der Waals surface area contributed by atoms with Crippen LogP contribution >= 0.6 is 0 Å². The van der Waals surface area contributed by atoms with Gasteiger partial charge in [0.1, 0.15) is 29.2 Å². The predicted octanol–water partition coefficient (Wildman–Crippen LogP) is 1.99. The Balaban J connectivity index is 1.98. The Kier molecular flexibility index (Phi) is 4.46. The van der Waals surface area contributed by atoms with E-state index < -0.39 is 17.8 Å². The van der Waals surface area contributed by atoms with E-state index in [1.54, 1.807) is 14.0 Å². The first-order valence-electron chi connectivity index (χ1n) is 8.82. The van der Waals surface area contributed by atoms with Gasteiger partial charge < -0.3 is 15.3 Å².